The van der Waals surface area contributed by atoms with Gasteiger partial charge in [0.05, 0.1) is 23.9 Å². The summed E-state index contributed by atoms with van der Waals surface area (Å²) < 4.78 is 7.22. The lowest BCUT2D eigenvalue weighted by molar-refractivity contribution is -0.143. The number of hydrogen-bond donors (Lipinski definition) is 0. The second kappa shape index (κ2) is 4.73. The highest BCUT2D eigenvalue weighted by molar-refractivity contribution is 5.82. The van der Waals surface area contributed by atoms with Gasteiger partial charge in [0.25, 0.3) is 11.1 Å². The number of rotatable bonds is 1. The fourth-order valence-corrected chi connectivity index (χ4v) is 2.67. The predicted molar refractivity (Wildman–Crippen MR) is 77.4 cm³/mol. The van der Waals surface area contributed by atoms with Crippen molar-refractivity contribution < 1.29 is 9.53 Å². The Balaban J connectivity index is 2.46. The quantitative estimate of drug-likeness (QED) is 0.579. The highest BCUT2D eigenvalue weighted by Gasteiger charge is 2.29. The van der Waals surface area contributed by atoms with Crippen molar-refractivity contribution in [1.29, 1.82) is 0 Å². The lowest BCUT2D eigenvalue weighted by Gasteiger charge is -2.27. The molecule has 0 amide bonds. The minimum atomic E-state index is -0.920. The van der Waals surface area contributed by atoms with E-state index in [-0.39, 0.29) is 17.2 Å². The molecule has 0 radical (unpaired) electrons. The summed E-state index contributed by atoms with van der Waals surface area (Å²) in [4.78, 5) is 37.2. The van der Waals surface area contributed by atoms with Crippen molar-refractivity contribution in [2.45, 2.75) is 19.0 Å². The molecule has 0 unspecified atom stereocenters. The highest BCUT2D eigenvalue weighted by atomic mass is 16.5. The van der Waals surface area contributed by atoms with Crippen LogP contribution in [0.4, 0.5) is 0 Å². The highest BCUT2D eigenvalue weighted by Crippen LogP contribution is 2.20. The van der Waals surface area contributed by atoms with Crippen LogP contribution >= 0.6 is 0 Å². The van der Waals surface area contributed by atoms with Gasteiger partial charge in [-0.1, -0.05) is 24.3 Å². The van der Waals surface area contributed by atoms with E-state index in [1.54, 1.807) is 43.3 Å². The first kappa shape index (κ1) is 13.4. The summed E-state index contributed by atoms with van der Waals surface area (Å²) in [6.45, 7) is 1.79. The van der Waals surface area contributed by atoms with Crippen molar-refractivity contribution in [3.05, 3.63) is 57.1 Å². The van der Waals surface area contributed by atoms with Crippen LogP contribution in [0.2, 0.25) is 0 Å². The molecule has 2 heterocycles. The molecule has 3 rings (SSSR count). The Bertz CT molecular complexity index is 875. The third kappa shape index (κ3) is 1.83. The normalized spacial score (nSPS) is 20.3. The average molecular weight is 286 g/mol. The molecule has 21 heavy (non-hydrogen) atoms. The topological polar surface area (TPSA) is 70.3 Å². The summed E-state index contributed by atoms with van der Waals surface area (Å²) in [5.41, 5.74) is -0.673. The maximum atomic E-state index is 12.7. The summed E-state index contributed by atoms with van der Waals surface area (Å²) >= 11 is 0. The van der Waals surface area contributed by atoms with E-state index >= 15 is 0 Å². The summed E-state index contributed by atoms with van der Waals surface area (Å²) in [6, 6.07) is 5.37. The van der Waals surface area contributed by atoms with Gasteiger partial charge < -0.3 is 4.74 Å². The van der Waals surface area contributed by atoms with Gasteiger partial charge in [-0.15, -0.1) is 0 Å². The number of carbonyl (C=O) groups is 1. The van der Waals surface area contributed by atoms with Gasteiger partial charge >= 0.3 is 5.97 Å². The van der Waals surface area contributed by atoms with Crippen LogP contribution in [0.25, 0.3) is 10.8 Å². The molecule has 0 saturated heterocycles. The lowest BCUT2D eigenvalue weighted by atomic mass is 10.1. The molecule has 108 valence electrons. The number of nitrogens with zero attached hydrogens (tertiary/aromatic N) is 2. The SMILES string of the molecule is COC(=O)[C@@H]1C=C[C@H](C)n2c(=O)c3ccccc3c(=O)n21. The molecule has 1 aliphatic rings. The van der Waals surface area contributed by atoms with Gasteiger partial charge in [0.2, 0.25) is 0 Å². The lowest BCUT2D eigenvalue weighted by Crippen LogP contribution is -2.45. The van der Waals surface area contributed by atoms with Gasteiger partial charge in [0.1, 0.15) is 0 Å². The van der Waals surface area contributed by atoms with E-state index in [0.29, 0.717) is 10.8 Å². The molecule has 6 nitrogen and oxygen atoms in total. The van der Waals surface area contributed by atoms with E-state index in [1.165, 1.54) is 16.5 Å². The molecule has 0 aliphatic carbocycles. The van der Waals surface area contributed by atoms with Crippen LogP contribution < -0.4 is 11.1 Å². The van der Waals surface area contributed by atoms with Gasteiger partial charge in [-0.2, -0.15) is 0 Å². The van der Waals surface area contributed by atoms with E-state index < -0.39 is 12.0 Å². The number of methoxy groups -OCH3 is 1. The monoisotopic (exact) mass is 286 g/mol. The fourth-order valence-electron chi connectivity index (χ4n) is 2.67. The van der Waals surface area contributed by atoms with Crippen molar-refractivity contribution in [3.8, 4) is 0 Å². The molecular weight excluding hydrogens is 272 g/mol. The Morgan fingerprint density at radius 2 is 1.62 bits per heavy atom. The average Bonchev–Trinajstić information content (AvgIpc) is 2.51. The van der Waals surface area contributed by atoms with Gasteiger partial charge in [0.15, 0.2) is 6.04 Å². The van der Waals surface area contributed by atoms with Crippen molar-refractivity contribution in [1.82, 2.24) is 9.36 Å². The summed E-state index contributed by atoms with van der Waals surface area (Å²) in [7, 11) is 1.25. The zero-order valence-corrected chi connectivity index (χ0v) is 11.6. The number of allylic oxidation sites excluding steroid dienone is 1. The molecule has 6 heteroatoms. The molecule has 2 atom stereocenters. The summed E-state index contributed by atoms with van der Waals surface area (Å²) in [6.07, 6.45) is 3.31. The van der Waals surface area contributed by atoms with Crippen LogP contribution in [-0.2, 0) is 9.53 Å². The molecule has 0 bridgehead atoms. The van der Waals surface area contributed by atoms with Gasteiger partial charge in [-0.05, 0) is 19.1 Å². The molecule has 1 aliphatic heterocycles. The van der Waals surface area contributed by atoms with Gasteiger partial charge in [0, 0.05) is 0 Å². The maximum absolute atomic E-state index is 12.7. The first-order valence-electron chi connectivity index (χ1n) is 6.58. The molecule has 0 saturated carbocycles. The zero-order chi connectivity index (χ0) is 15.1. The standard InChI is InChI=1S/C15H14N2O4/c1-9-7-8-12(15(20)21-2)17-14(19)11-6-4-3-5-10(11)13(18)16(9)17/h3-9,12H,1-2H3/t9-,12-/m0/s1. The van der Waals surface area contributed by atoms with Crippen LogP contribution in [0, 0.1) is 0 Å². The van der Waals surface area contributed by atoms with E-state index in [4.69, 9.17) is 4.74 Å². The first-order valence-corrected chi connectivity index (χ1v) is 6.58. The molecule has 0 fully saturated rings. The summed E-state index contributed by atoms with van der Waals surface area (Å²) in [5, 5.41) is 0.652. The van der Waals surface area contributed by atoms with Crippen molar-refractivity contribution in [3.63, 3.8) is 0 Å². The number of carbonyl (C=O) groups excluding carboxylic acids is 1. The number of ether oxygens (including phenoxy) is 1. The van der Waals surface area contributed by atoms with E-state index in [9.17, 15) is 14.4 Å². The molecule has 2 aromatic rings. The van der Waals surface area contributed by atoms with Gasteiger partial charge in [-0.3, -0.25) is 9.59 Å². The van der Waals surface area contributed by atoms with Crippen molar-refractivity contribution >= 4 is 16.7 Å². The van der Waals surface area contributed by atoms with Crippen LogP contribution in [0.15, 0.2) is 46.0 Å². The minimum Gasteiger partial charge on any atom is -0.467 e. The smallest absolute Gasteiger partial charge is 0.334 e. The second-order valence-corrected chi connectivity index (χ2v) is 4.94. The van der Waals surface area contributed by atoms with Crippen molar-refractivity contribution in [2.75, 3.05) is 7.11 Å². The second-order valence-electron chi connectivity index (χ2n) is 4.94. The molecule has 1 aromatic carbocycles. The van der Waals surface area contributed by atoms with Crippen LogP contribution in [0.1, 0.15) is 19.0 Å². The third-order valence-corrected chi connectivity index (χ3v) is 3.70. The predicted octanol–water partition coefficient (Wildman–Crippen LogP) is 1.01. The number of aromatic nitrogens is 2. The summed E-state index contributed by atoms with van der Waals surface area (Å²) in [5.74, 6) is -0.580. The van der Waals surface area contributed by atoms with Crippen LogP contribution in [0.3, 0.4) is 0 Å². The number of fused-ring (bicyclic) bond motifs is 2. The zero-order valence-electron chi connectivity index (χ0n) is 11.6. The molecule has 1 aromatic heterocycles. The number of hydrogen-bond acceptors (Lipinski definition) is 4. The molecule has 0 spiro atoms. The van der Waals surface area contributed by atoms with Crippen molar-refractivity contribution in [2.24, 2.45) is 0 Å². The van der Waals surface area contributed by atoms with E-state index in [2.05, 4.69) is 0 Å². The molecular formula is C15H14N2O4. The minimum absolute atomic E-state index is 0.295. The van der Waals surface area contributed by atoms with Crippen LogP contribution in [-0.4, -0.2) is 22.4 Å². The largest absolute Gasteiger partial charge is 0.467 e. The Morgan fingerprint density at radius 1 is 1.05 bits per heavy atom. The third-order valence-electron chi connectivity index (χ3n) is 3.70. The Labute approximate surface area is 119 Å². The van der Waals surface area contributed by atoms with E-state index in [0.717, 1.165) is 0 Å². The first-order chi connectivity index (χ1) is 10.1. The Kier molecular flexibility index (Phi) is 3.01. The maximum Gasteiger partial charge on any atom is 0.334 e. The Morgan fingerprint density at radius 3 is 2.19 bits per heavy atom. The molecule has 0 N–H and O–H groups in total. The number of benzene rings is 1. The number of esters is 1. The fraction of sp³-hybridized carbons (Fsp3) is 0.267. The van der Waals surface area contributed by atoms with E-state index in [1.807, 2.05) is 0 Å². The van der Waals surface area contributed by atoms with Gasteiger partial charge in [-0.25, -0.2) is 14.2 Å². The Hall–Kier alpha value is -2.63. The van der Waals surface area contributed by atoms with Crippen LogP contribution in [0.5, 0.6) is 0 Å².